The molecule has 4 rings (SSSR count). The standard InChI is InChI=1S/C24H28N4OS/c1-17-23(26-24(30)25-20-10-6-7-11-20)18(2)28(27-17)16-19-9-8-14-22(15-19)29-21-12-4-3-5-13-21/h3-5,8-9,12-15,20H,6-7,10-11,16H2,1-2H3,(H2,25,26,30). The molecular weight excluding hydrogens is 392 g/mol. The van der Waals surface area contributed by atoms with Gasteiger partial charge in [-0.3, -0.25) is 4.68 Å². The molecule has 0 atom stereocenters. The van der Waals surface area contributed by atoms with E-state index in [4.69, 9.17) is 22.1 Å². The summed E-state index contributed by atoms with van der Waals surface area (Å²) in [6.07, 6.45) is 4.95. The zero-order valence-electron chi connectivity index (χ0n) is 17.5. The fourth-order valence-corrected chi connectivity index (χ4v) is 4.21. The molecule has 156 valence electrons. The number of ether oxygens (including phenoxy) is 1. The number of hydrogen-bond acceptors (Lipinski definition) is 3. The van der Waals surface area contributed by atoms with E-state index in [9.17, 15) is 0 Å². The molecule has 0 spiro atoms. The number of para-hydroxylation sites is 1. The summed E-state index contributed by atoms with van der Waals surface area (Å²) in [5.41, 5.74) is 4.13. The van der Waals surface area contributed by atoms with Crippen molar-refractivity contribution >= 4 is 23.0 Å². The van der Waals surface area contributed by atoms with Crippen LogP contribution in [0.5, 0.6) is 11.5 Å². The lowest BCUT2D eigenvalue weighted by atomic mass is 10.2. The molecule has 0 bridgehead atoms. The van der Waals surface area contributed by atoms with Gasteiger partial charge in [0.1, 0.15) is 11.5 Å². The molecule has 1 heterocycles. The van der Waals surface area contributed by atoms with Crippen molar-refractivity contribution in [2.75, 3.05) is 5.32 Å². The number of nitrogens with zero attached hydrogens (tertiary/aromatic N) is 2. The van der Waals surface area contributed by atoms with Crippen molar-refractivity contribution in [3.8, 4) is 11.5 Å². The molecule has 0 unspecified atom stereocenters. The Morgan fingerprint density at radius 2 is 1.80 bits per heavy atom. The molecule has 6 heteroatoms. The Labute approximate surface area is 183 Å². The van der Waals surface area contributed by atoms with Crippen LogP contribution in [0, 0.1) is 13.8 Å². The second-order valence-electron chi connectivity index (χ2n) is 7.85. The van der Waals surface area contributed by atoms with Gasteiger partial charge in [0.05, 0.1) is 23.6 Å². The summed E-state index contributed by atoms with van der Waals surface area (Å²) < 4.78 is 7.98. The minimum absolute atomic E-state index is 0.494. The van der Waals surface area contributed by atoms with Gasteiger partial charge in [0.2, 0.25) is 0 Å². The quantitative estimate of drug-likeness (QED) is 0.511. The second kappa shape index (κ2) is 9.30. The maximum atomic E-state index is 5.96. The molecular formula is C24H28N4OS. The van der Waals surface area contributed by atoms with Crippen LogP contribution in [-0.4, -0.2) is 20.9 Å². The first kappa shape index (κ1) is 20.4. The molecule has 1 fully saturated rings. The van der Waals surface area contributed by atoms with Gasteiger partial charge >= 0.3 is 0 Å². The summed E-state index contributed by atoms with van der Waals surface area (Å²) in [5.74, 6) is 1.65. The Bertz CT molecular complexity index is 1010. The van der Waals surface area contributed by atoms with Crippen molar-refractivity contribution in [3.05, 3.63) is 71.5 Å². The summed E-state index contributed by atoms with van der Waals surface area (Å²) in [4.78, 5) is 0. The third kappa shape index (κ3) is 5.00. The number of benzene rings is 2. The van der Waals surface area contributed by atoms with E-state index in [2.05, 4.69) is 29.7 Å². The van der Waals surface area contributed by atoms with Crippen LogP contribution in [0.1, 0.15) is 42.6 Å². The van der Waals surface area contributed by atoms with Crippen LogP contribution < -0.4 is 15.4 Å². The zero-order valence-corrected chi connectivity index (χ0v) is 18.3. The smallest absolute Gasteiger partial charge is 0.171 e. The van der Waals surface area contributed by atoms with Crippen molar-refractivity contribution in [2.24, 2.45) is 0 Å². The monoisotopic (exact) mass is 420 g/mol. The summed E-state index contributed by atoms with van der Waals surface area (Å²) in [7, 11) is 0. The minimum Gasteiger partial charge on any atom is -0.457 e. The van der Waals surface area contributed by atoms with Crippen LogP contribution in [0.25, 0.3) is 0 Å². The average Bonchev–Trinajstić information content (AvgIpc) is 3.33. The molecule has 2 aromatic carbocycles. The number of aromatic nitrogens is 2. The number of thiocarbonyl (C=S) groups is 1. The van der Waals surface area contributed by atoms with Gasteiger partial charge in [0.15, 0.2) is 5.11 Å². The van der Waals surface area contributed by atoms with Gasteiger partial charge in [-0.15, -0.1) is 0 Å². The van der Waals surface area contributed by atoms with E-state index in [0.717, 1.165) is 34.1 Å². The zero-order chi connectivity index (χ0) is 20.9. The third-order valence-electron chi connectivity index (χ3n) is 5.52. The normalized spacial score (nSPS) is 13.9. The molecule has 0 radical (unpaired) electrons. The molecule has 5 nitrogen and oxygen atoms in total. The van der Waals surface area contributed by atoms with Crippen LogP contribution in [0.4, 0.5) is 5.69 Å². The minimum atomic E-state index is 0.494. The summed E-state index contributed by atoms with van der Waals surface area (Å²) >= 11 is 5.53. The van der Waals surface area contributed by atoms with Gasteiger partial charge in [-0.1, -0.05) is 43.2 Å². The molecule has 0 aliphatic heterocycles. The second-order valence-corrected chi connectivity index (χ2v) is 8.25. The molecule has 30 heavy (non-hydrogen) atoms. The van der Waals surface area contributed by atoms with Crippen molar-refractivity contribution in [1.29, 1.82) is 0 Å². The predicted molar refractivity (Wildman–Crippen MR) is 125 cm³/mol. The maximum Gasteiger partial charge on any atom is 0.171 e. The Balaban J connectivity index is 1.44. The van der Waals surface area contributed by atoms with Crippen LogP contribution in [0.2, 0.25) is 0 Å². The van der Waals surface area contributed by atoms with Gasteiger partial charge in [-0.25, -0.2) is 0 Å². The lowest BCUT2D eigenvalue weighted by Gasteiger charge is -2.16. The van der Waals surface area contributed by atoms with Crippen LogP contribution in [0.15, 0.2) is 54.6 Å². The Morgan fingerprint density at radius 3 is 2.57 bits per heavy atom. The summed E-state index contributed by atoms with van der Waals surface area (Å²) in [6, 6.07) is 18.4. The van der Waals surface area contributed by atoms with Crippen molar-refractivity contribution < 1.29 is 4.74 Å². The fourth-order valence-electron chi connectivity index (χ4n) is 3.94. The van der Waals surface area contributed by atoms with Gasteiger partial charge in [0, 0.05) is 6.04 Å². The average molecular weight is 421 g/mol. The first-order valence-corrected chi connectivity index (χ1v) is 10.9. The van der Waals surface area contributed by atoms with E-state index in [0.29, 0.717) is 17.7 Å². The van der Waals surface area contributed by atoms with E-state index in [1.165, 1.54) is 25.7 Å². The maximum absolute atomic E-state index is 5.96. The van der Waals surface area contributed by atoms with Gasteiger partial charge < -0.3 is 15.4 Å². The van der Waals surface area contributed by atoms with E-state index < -0.39 is 0 Å². The van der Waals surface area contributed by atoms with E-state index in [1.807, 2.05) is 54.1 Å². The SMILES string of the molecule is Cc1nn(Cc2cccc(Oc3ccccc3)c2)c(C)c1NC(=S)NC1CCCC1. The molecule has 1 aromatic heterocycles. The van der Waals surface area contributed by atoms with Gasteiger partial charge in [0.25, 0.3) is 0 Å². The molecule has 3 aromatic rings. The largest absolute Gasteiger partial charge is 0.457 e. The first-order valence-electron chi connectivity index (χ1n) is 10.5. The third-order valence-corrected chi connectivity index (χ3v) is 5.74. The van der Waals surface area contributed by atoms with Crippen molar-refractivity contribution in [3.63, 3.8) is 0 Å². The highest BCUT2D eigenvalue weighted by Gasteiger charge is 2.18. The number of hydrogen-bond donors (Lipinski definition) is 2. The summed E-state index contributed by atoms with van der Waals surface area (Å²) in [5, 5.41) is 12.2. The highest BCUT2D eigenvalue weighted by atomic mass is 32.1. The number of aryl methyl sites for hydroxylation is 1. The first-order chi connectivity index (χ1) is 14.6. The number of rotatable bonds is 6. The number of nitrogens with one attached hydrogen (secondary N) is 2. The molecule has 0 saturated heterocycles. The van der Waals surface area contributed by atoms with Gasteiger partial charge in [-0.2, -0.15) is 5.10 Å². The van der Waals surface area contributed by atoms with Crippen LogP contribution in [-0.2, 0) is 6.54 Å². The molecule has 1 aliphatic carbocycles. The van der Waals surface area contributed by atoms with Gasteiger partial charge in [-0.05, 0) is 68.7 Å². The number of anilines is 1. The fraction of sp³-hybridized carbons (Fsp3) is 0.333. The molecule has 1 aliphatic rings. The summed E-state index contributed by atoms with van der Waals surface area (Å²) in [6.45, 7) is 4.76. The predicted octanol–water partition coefficient (Wildman–Crippen LogP) is 5.57. The van der Waals surface area contributed by atoms with E-state index >= 15 is 0 Å². The lowest BCUT2D eigenvalue weighted by Crippen LogP contribution is -2.36. The molecule has 1 saturated carbocycles. The topological polar surface area (TPSA) is 51.1 Å². The van der Waals surface area contributed by atoms with E-state index in [1.54, 1.807) is 0 Å². The lowest BCUT2D eigenvalue weighted by molar-refractivity contribution is 0.481. The van der Waals surface area contributed by atoms with Crippen molar-refractivity contribution in [2.45, 2.75) is 52.1 Å². The molecule has 0 amide bonds. The Morgan fingerprint density at radius 1 is 1.07 bits per heavy atom. The van der Waals surface area contributed by atoms with Crippen LogP contribution in [0.3, 0.4) is 0 Å². The van der Waals surface area contributed by atoms with Crippen LogP contribution >= 0.6 is 12.2 Å². The van der Waals surface area contributed by atoms with Crippen molar-refractivity contribution in [1.82, 2.24) is 15.1 Å². The Kier molecular flexibility index (Phi) is 6.33. The highest BCUT2D eigenvalue weighted by molar-refractivity contribution is 7.80. The Hall–Kier alpha value is -2.86. The molecule has 2 N–H and O–H groups in total. The highest BCUT2D eigenvalue weighted by Crippen LogP contribution is 2.24. The van der Waals surface area contributed by atoms with E-state index in [-0.39, 0.29) is 0 Å².